The van der Waals surface area contributed by atoms with Gasteiger partial charge in [0.05, 0.1) is 24.8 Å². The number of methoxy groups -OCH3 is 2. The summed E-state index contributed by atoms with van der Waals surface area (Å²) in [6.07, 6.45) is 6.18. The fourth-order valence-corrected chi connectivity index (χ4v) is 5.47. The second-order valence-corrected chi connectivity index (χ2v) is 9.83. The van der Waals surface area contributed by atoms with Crippen molar-refractivity contribution >= 4 is 27.4 Å². The number of ether oxygens (including phenoxy) is 2. The van der Waals surface area contributed by atoms with Gasteiger partial charge in [-0.1, -0.05) is 19.3 Å². The molecule has 0 saturated heterocycles. The van der Waals surface area contributed by atoms with Gasteiger partial charge >= 0.3 is 6.03 Å². The summed E-state index contributed by atoms with van der Waals surface area (Å²) in [6, 6.07) is 9.85. The molecule has 2 amide bonds. The van der Waals surface area contributed by atoms with Crippen LogP contribution in [0.2, 0.25) is 0 Å². The van der Waals surface area contributed by atoms with Crippen LogP contribution in [0.25, 0.3) is 0 Å². The van der Waals surface area contributed by atoms with E-state index in [0.29, 0.717) is 30.2 Å². The third-order valence-corrected chi connectivity index (χ3v) is 7.45. The van der Waals surface area contributed by atoms with E-state index in [9.17, 15) is 13.2 Å². The Kier molecular flexibility index (Phi) is 6.45. The van der Waals surface area contributed by atoms with Crippen molar-refractivity contribution in [2.75, 3.05) is 30.4 Å². The normalized spacial score (nSPS) is 16.4. The number of urea groups is 1. The number of amides is 2. The van der Waals surface area contributed by atoms with Gasteiger partial charge in [0.1, 0.15) is 0 Å². The smallest absolute Gasteiger partial charge is 0.322 e. The fourth-order valence-electron chi connectivity index (χ4n) is 4.37. The zero-order chi connectivity index (χ0) is 22.7. The van der Waals surface area contributed by atoms with E-state index in [1.807, 2.05) is 0 Å². The molecule has 9 heteroatoms. The average Bonchev–Trinajstić information content (AvgIpc) is 3.23. The monoisotopic (exact) mass is 459 g/mol. The van der Waals surface area contributed by atoms with Crippen LogP contribution in [-0.4, -0.2) is 41.3 Å². The van der Waals surface area contributed by atoms with E-state index in [1.54, 1.807) is 35.2 Å². The van der Waals surface area contributed by atoms with Gasteiger partial charge in [-0.2, -0.15) is 0 Å². The van der Waals surface area contributed by atoms with Crippen LogP contribution in [-0.2, 0) is 16.4 Å². The Labute approximate surface area is 189 Å². The maximum Gasteiger partial charge on any atom is 0.322 e. The van der Waals surface area contributed by atoms with E-state index < -0.39 is 10.0 Å². The number of carbonyl (C=O) groups is 1. The third-order valence-electron chi connectivity index (χ3n) is 6.07. The Morgan fingerprint density at radius 3 is 2.47 bits per heavy atom. The summed E-state index contributed by atoms with van der Waals surface area (Å²) >= 11 is 0. The van der Waals surface area contributed by atoms with E-state index in [4.69, 9.17) is 9.47 Å². The summed E-state index contributed by atoms with van der Waals surface area (Å²) in [7, 11) is -0.794. The quantitative estimate of drug-likeness (QED) is 0.683. The number of benzene rings is 2. The number of hydrogen-bond donors (Lipinski definition) is 2. The molecule has 1 saturated carbocycles. The first kappa shape index (κ1) is 22.3. The van der Waals surface area contributed by atoms with Crippen molar-refractivity contribution in [1.29, 1.82) is 0 Å². The lowest BCUT2D eigenvalue weighted by Gasteiger charge is -2.26. The SMILES string of the molecule is COc1ccc(NS(=O)(=O)c2ccc3c(c2)CCN3C(=O)NC2CCCCC2)cc1OC. The lowest BCUT2D eigenvalue weighted by Crippen LogP contribution is -2.45. The van der Waals surface area contributed by atoms with Crippen molar-refractivity contribution in [3.05, 3.63) is 42.0 Å². The van der Waals surface area contributed by atoms with Crippen molar-refractivity contribution in [2.24, 2.45) is 0 Å². The van der Waals surface area contributed by atoms with Crippen LogP contribution in [0.5, 0.6) is 11.5 Å². The molecule has 1 heterocycles. The number of rotatable bonds is 6. The van der Waals surface area contributed by atoms with Gasteiger partial charge < -0.3 is 14.8 Å². The molecule has 8 nitrogen and oxygen atoms in total. The number of hydrogen-bond acceptors (Lipinski definition) is 5. The highest BCUT2D eigenvalue weighted by Crippen LogP contribution is 2.33. The summed E-state index contributed by atoms with van der Waals surface area (Å²) in [4.78, 5) is 14.6. The van der Waals surface area contributed by atoms with Crippen LogP contribution in [0.1, 0.15) is 37.7 Å². The van der Waals surface area contributed by atoms with Crippen LogP contribution in [0.4, 0.5) is 16.2 Å². The Bertz CT molecular complexity index is 1100. The molecule has 0 bridgehead atoms. The molecule has 0 atom stereocenters. The van der Waals surface area contributed by atoms with Crippen LogP contribution >= 0.6 is 0 Å². The van der Waals surface area contributed by atoms with Crippen LogP contribution in [0, 0.1) is 0 Å². The zero-order valence-electron chi connectivity index (χ0n) is 18.4. The summed E-state index contributed by atoms with van der Waals surface area (Å²) in [5.41, 5.74) is 1.99. The second kappa shape index (κ2) is 9.28. The van der Waals surface area contributed by atoms with Gasteiger partial charge in [0.15, 0.2) is 11.5 Å². The Balaban J connectivity index is 1.49. The highest BCUT2D eigenvalue weighted by atomic mass is 32.2. The van der Waals surface area contributed by atoms with E-state index in [1.165, 1.54) is 26.7 Å². The minimum atomic E-state index is -3.81. The van der Waals surface area contributed by atoms with Crippen molar-refractivity contribution in [1.82, 2.24) is 5.32 Å². The highest BCUT2D eigenvalue weighted by molar-refractivity contribution is 7.92. The van der Waals surface area contributed by atoms with Crippen molar-refractivity contribution in [3.63, 3.8) is 0 Å². The molecule has 1 aliphatic carbocycles. The van der Waals surface area contributed by atoms with Gasteiger partial charge in [-0.05, 0) is 55.2 Å². The van der Waals surface area contributed by atoms with E-state index >= 15 is 0 Å². The van der Waals surface area contributed by atoms with E-state index in [-0.39, 0.29) is 17.0 Å². The molecule has 4 rings (SSSR count). The Hall–Kier alpha value is -2.94. The van der Waals surface area contributed by atoms with Gasteiger partial charge in [0.2, 0.25) is 0 Å². The summed E-state index contributed by atoms with van der Waals surface area (Å²) in [6.45, 7) is 0.542. The van der Waals surface area contributed by atoms with Crippen LogP contribution in [0.15, 0.2) is 41.3 Å². The molecule has 1 fully saturated rings. The molecule has 2 aromatic carbocycles. The first-order chi connectivity index (χ1) is 15.4. The molecule has 0 radical (unpaired) electrons. The molecule has 2 N–H and O–H groups in total. The van der Waals surface area contributed by atoms with Crippen LogP contribution < -0.4 is 24.4 Å². The average molecular weight is 460 g/mol. The van der Waals surface area contributed by atoms with Gasteiger partial charge in [-0.25, -0.2) is 13.2 Å². The lowest BCUT2D eigenvalue weighted by atomic mass is 9.96. The predicted octanol–water partition coefficient (Wildman–Crippen LogP) is 3.91. The maximum atomic E-state index is 13.0. The molecule has 0 spiro atoms. The Morgan fingerprint density at radius 1 is 1.00 bits per heavy atom. The van der Waals surface area contributed by atoms with Gasteiger partial charge in [0, 0.05) is 24.3 Å². The topological polar surface area (TPSA) is 97.0 Å². The number of nitrogens with zero attached hydrogens (tertiary/aromatic N) is 1. The first-order valence-electron chi connectivity index (χ1n) is 10.9. The molecule has 0 unspecified atom stereocenters. The number of nitrogens with one attached hydrogen (secondary N) is 2. The third kappa shape index (κ3) is 4.62. The molecule has 2 aromatic rings. The van der Waals surface area contributed by atoms with Crippen LogP contribution in [0.3, 0.4) is 0 Å². The van der Waals surface area contributed by atoms with E-state index in [2.05, 4.69) is 10.0 Å². The summed E-state index contributed by atoms with van der Waals surface area (Å²) in [5.74, 6) is 0.945. The minimum Gasteiger partial charge on any atom is -0.493 e. The van der Waals surface area contributed by atoms with Crippen molar-refractivity contribution in [3.8, 4) is 11.5 Å². The molecular formula is C23H29N3O5S. The van der Waals surface area contributed by atoms with Gasteiger partial charge in [0.25, 0.3) is 10.0 Å². The lowest BCUT2D eigenvalue weighted by molar-refractivity contribution is 0.238. The second-order valence-electron chi connectivity index (χ2n) is 8.15. The molecule has 1 aliphatic heterocycles. The molecule has 2 aliphatic rings. The Morgan fingerprint density at radius 2 is 1.75 bits per heavy atom. The number of sulfonamides is 1. The molecule has 0 aromatic heterocycles. The molecular weight excluding hydrogens is 430 g/mol. The summed E-state index contributed by atoms with van der Waals surface area (Å²) < 4.78 is 38.9. The number of anilines is 2. The molecule has 172 valence electrons. The minimum absolute atomic E-state index is 0.102. The number of carbonyl (C=O) groups excluding carboxylic acids is 1. The highest BCUT2D eigenvalue weighted by Gasteiger charge is 2.28. The zero-order valence-corrected chi connectivity index (χ0v) is 19.2. The largest absolute Gasteiger partial charge is 0.493 e. The maximum absolute atomic E-state index is 13.0. The predicted molar refractivity (Wildman–Crippen MR) is 123 cm³/mol. The summed E-state index contributed by atoms with van der Waals surface area (Å²) in [5, 5.41) is 3.13. The van der Waals surface area contributed by atoms with Crippen molar-refractivity contribution < 1.29 is 22.7 Å². The fraction of sp³-hybridized carbons (Fsp3) is 0.435. The van der Waals surface area contributed by atoms with Crippen molar-refractivity contribution in [2.45, 2.75) is 49.5 Å². The van der Waals surface area contributed by atoms with Gasteiger partial charge in [-0.3, -0.25) is 9.62 Å². The first-order valence-corrected chi connectivity index (χ1v) is 12.4. The van der Waals surface area contributed by atoms with E-state index in [0.717, 1.165) is 36.9 Å². The number of fused-ring (bicyclic) bond motifs is 1. The van der Waals surface area contributed by atoms with Gasteiger partial charge in [-0.15, -0.1) is 0 Å². The molecule has 32 heavy (non-hydrogen) atoms. The standard InChI is InChI=1S/C23H29N3O5S/c1-30-21-11-8-18(15-22(21)31-2)25-32(28,29)19-9-10-20-16(14-19)12-13-26(20)23(27)24-17-6-4-3-5-7-17/h8-11,14-15,17,25H,3-7,12-13H2,1-2H3,(H,24,27).